The van der Waals surface area contributed by atoms with Crippen LogP contribution in [0.4, 0.5) is 0 Å². The van der Waals surface area contributed by atoms with Crippen molar-refractivity contribution in [1.82, 2.24) is 0 Å². The third-order valence-corrected chi connectivity index (χ3v) is 7.59. The lowest BCUT2D eigenvalue weighted by Crippen LogP contribution is -2.56. The molecule has 4 heteroatoms. The fourth-order valence-corrected chi connectivity index (χ4v) is 5.96. The van der Waals surface area contributed by atoms with Gasteiger partial charge in [0.25, 0.3) is 0 Å². The molecule has 0 bridgehead atoms. The van der Waals surface area contributed by atoms with Gasteiger partial charge in [-0.3, -0.25) is 9.59 Å². The van der Waals surface area contributed by atoms with Crippen molar-refractivity contribution in [2.45, 2.75) is 45.6 Å². The van der Waals surface area contributed by atoms with E-state index in [1.165, 1.54) is 11.1 Å². The molecule has 0 saturated heterocycles. The Morgan fingerprint density at radius 1 is 1.31 bits per heavy atom. The first-order chi connectivity index (χ1) is 12.2. The van der Waals surface area contributed by atoms with Crippen molar-refractivity contribution in [2.75, 3.05) is 6.61 Å². The van der Waals surface area contributed by atoms with E-state index in [0.29, 0.717) is 12.8 Å². The normalized spacial score (nSPS) is 43.7. The van der Waals surface area contributed by atoms with Crippen molar-refractivity contribution in [3.05, 3.63) is 47.1 Å². The van der Waals surface area contributed by atoms with E-state index >= 15 is 0 Å². The van der Waals surface area contributed by atoms with Crippen LogP contribution in [0, 0.1) is 22.7 Å². The maximum absolute atomic E-state index is 12.5. The highest BCUT2D eigenvalue weighted by molar-refractivity contribution is 6.01. The lowest BCUT2D eigenvalue weighted by molar-refractivity contribution is -0.159. The number of carbonyl (C=O) groups excluding carboxylic acids is 2. The Balaban J connectivity index is 1.84. The second-order valence-corrected chi connectivity index (χ2v) is 8.75. The Bertz CT molecular complexity index is 829. The van der Waals surface area contributed by atoms with Crippen molar-refractivity contribution in [2.24, 2.45) is 22.7 Å². The van der Waals surface area contributed by atoms with Crippen molar-refractivity contribution < 1.29 is 19.8 Å². The molecule has 4 nitrogen and oxygen atoms in total. The third-order valence-electron chi connectivity index (χ3n) is 7.59. The van der Waals surface area contributed by atoms with Gasteiger partial charge < -0.3 is 10.2 Å². The maximum atomic E-state index is 12.5. The van der Waals surface area contributed by atoms with Gasteiger partial charge in [0.15, 0.2) is 11.6 Å². The van der Waals surface area contributed by atoms with Gasteiger partial charge in [0.05, 0.1) is 0 Å². The highest BCUT2D eigenvalue weighted by atomic mass is 16.3. The zero-order valence-electron chi connectivity index (χ0n) is 15.6. The number of aliphatic hydroxyl groups excluding tert-OH is 1. The summed E-state index contributed by atoms with van der Waals surface area (Å²) in [6.45, 7) is 5.41. The predicted octanol–water partition coefficient (Wildman–Crippen LogP) is 2.67. The molecule has 1 fully saturated rings. The molecule has 26 heavy (non-hydrogen) atoms. The summed E-state index contributed by atoms with van der Waals surface area (Å²) in [7, 11) is 0. The van der Waals surface area contributed by atoms with E-state index in [1.807, 2.05) is 19.9 Å². The van der Waals surface area contributed by atoms with Crippen LogP contribution in [0.1, 0.15) is 40.0 Å². The Hall–Kier alpha value is -1.78. The monoisotopic (exact) mass is 354 g/mol. The van der Waals surface area contributed by atoms with E-state index < -0.39 is 23.4 Å². The predicted molar refractivity (Wildman–Crippen MR) is 98.2 cm³/mol. The van der Waals surface area contributed by atoms with Crippen LogP contribution in [0.15, 0.2) is 47.1 Å². The zero-order valence-corrected chi connectivity index (χ0v) is 15.6. The van der Waals surface area contributed by atoms with Crippen molar-refractivity contribution >= 4 is 11.6 Å². The van der Waals surface area contributed by atoms with E-state index in [0.717, 1.165) is 12.0 Å². The standard InChI is InChI=1S/C22H26O4/c1-13-10-18-16-5-4-14-11-15(24)6-8-20(14,2)17(16)7-9-21(18,3)22(13,26)19(25)12-23/h5-8,11,13,18,23,26H,4,9-10,12H2,1-3H3/t13-,18+,20+,21+,22?/m1/s1. The molecule has 4 aliphatic rings. The highest BCUT2D eigenvalue weighted by Crippen LogP contribution is 2.65. The van der Waals surface area contributed by atoms with Gasteiger partial charge in [-0.25, -0.2) is 0 Å². The first kappa shape index (κ1) is 17.6. The fraction of sp³-hybridized carbons (Fsp3) is 0.545. The summed E-state index contributed by atoms with van der Waals surface area (Å²) in [6.07, 6.45) is 11.7. The fourth-order valence-electron chi connectivity index (χ4n) is 5.96. The average molecular weight is 354 g/mol. The molecule has 4 aliphatic carbocycles. The van der Waals surface area contributed by atoms with Gasteiger partial charge in [-0.1, -0.05) is 32.1 Å². The van der Waals surface area contributed by atoms with Gasteiger partial charge in [0.2, 0.25) is 0 Å². The number of carbonyl (C=O) groups is 2. The molecule has 0 aromatic heterocycles. The minimum Gasteiger partial charge on any atom is -0.388 e. The molecular formula is C22H26O4. The largest absolute Gasteiger partial charge is 0.388 e. The summed E-state index contributed by atoms with van der Waals surface area (Å²) < 4.78 is 0. The van der Waals surface area contributed by atoms with Crippen LogP contribution in [0.2, 0.25) is 0 Å². The molecule has 1 unspecified atom stereocenters. The average Bonchev–Trinajstić information content (AvgIpc) is 2.83. The molecule has 0 heterocycles. The SMILES string of the molecule is C[C@@H]1C[C@H]2C3=CCC4=CC(=O)C=C[C@]4(C)C3=CC[C@]2(C)C1(O)C(=O)CO. The Labute approximate surface area is 154 Å². The van der Waals surface area contributed by atoms with Crippen molar-refractivity contribution in [1.29, 1.82) is 0 Å². The van der Waals surface area contributed by atoms with E-state index in [2.05, 4.69) is 19.1 Å². The molecule has 0 aromatic carbocycles. The molecule has 2 N–H and O–H groups in total. The highest BCUT2D eigenvalue weighted by Gasteiger charge is 2.65. The third kappa shape index (κ3) is 1.92. The summed E-state index contributed by atoms with van der Waals surface area (Å²) in [6, 6.07) is 0. The number of fused-ring (bicyclic) bond motifs is 5. The summed E-state index contributed by atoms with van der Waals surface area (Å²) in [5, 5.41) is 20.8. The van der Waals surface area contributed by atoms with E-state index in [4.69, 9.17) is 0 Å². The summed E-state index contributed by atoms with van der Waals surface area (Å²) >= 11 is 0. The maximum Gasteiger partial charge on any atom is 0.190 e. The Morgan fingerprint density at radius 3 is 2.73 bits per heavy atom. The smallest absolute Gasteiger partial charge is 0.190 e. The molecule has 138 valence electrons. The molecule has 1 saturated carbocycles. The van der Waals surface area contributed by atoms with Crippen LogP contribution in [-0.2, 0) is 9.59 Å². The van der Waals surface area contributed by atoms with Crippen molar-refractivity contribution in [3.63, 3.8) is 0 Å². The van der Waals surface area contributed by atoms with Crippen LogP contribution < -0.4 is 0 Å². The Morgan fingerprint density at radius 2 is 2.04 bits per heavy atom. The van der Waals surface area contributed by atoms with Gasteiger partial charge in [-0.2, -0.15) is 0 Å². The molecule has 0 spiro atoms. The molecule has 0 aliphatic heterocycles. The minimum absolute atomic E-state index is 0.0352. The number of ketones is 2. The van der Waals surface area contributed by atoms with Gasteiger partial charge in [0, 0.05) is 10.8 Å². The lowest BCUT2D eigenvalue weighted by atomic mass is 9.55. The topological polar surface area (TPSA) is 74.6 Å². The molecule has 0 amide bonds. The summed E-state index contributed by atoms with van der Waals surface area (Å²) in [5.74, 6) is -0.576. The molecule has 5 atom stereocenters. The first-order valence-electron chi connectivity index (χ1n) is 9.40. The second-order valence-electron chi connectivity index (χ2n) is 8.75. The van der Waals surface area contributed by atoms with Crippen LogP contribution in [-0.4, -0.2) is 34.0 Å². The molecular weight excluding hydrogens is 328 g/mol. The quantitative estimate of drug-likeness (QED) is 0.799. The van der Waals surface area contributed by atoms with Gasteiger partial charge in [-0.05, 0) is 66.9 Å². The molecule has 0 radical (unpaired) electrons. The van der Waals surface area contributed by atoms with Crippen molar-refractivity contribution in [3.8, 4) is 0 Å². The number of Topliss-reactive ketones (excluding diaryl/α,β-unsaturated/α-hetero) is 1. The zero-order chi connectivity index (χ0) is 18.9. The van der Waals surface area contributed by atoms with E-state index in [9.17, 15) is 19.8 Å². The number of allylic oxidation sites excluding steroid dienone is 8. The minimum atomic E-state index is -1.51. The van der Waals surface area contributed by atoms with Gasteiger partial charge >= 0.3 is 0 Å². The Kier molecular flexibility index (Phi) is 3.64. The lowest BCUT2D eigenvalue weighted by Gasteiger charge is -2.50. The molecule has 4 rings (SSSR count). The number of rotatable bonds is 2. The van der Waals surface area contributed by atoms with Gasteiger partial charge in [0.1, 0.15) is 12.2 Å². The second kappa shape index (κ2) is 5.37. The number of hydrogen-bond acceptors (Lipinski definition) is 4. The summed E-state index contributed by atoms with van der Waals surface area (Å²) in [4.78, 5) is 24.3. The van der Waals surface area contributed by atoms with Crippen LogP contribution in [0.5, 0.6) is 0 Å². The van der Waals surface area contributed by atoms with Gasteiger partial charge in [-0.15, -0.1) is 0 Å². The molecule has 0 aromatic rings. The van der Waals surface area contributed by atoms with Crippen LogP contribution in [0.3, 0.4) is 0 Å². The van der Waals surface area contributed by atoms with E-state index in [1.54, 1.807) is 12.2 Å². The summed E-state index contributed by atoms with van der Waals surface area (Å²) in [5.41, 5.74) is 1.10. The van der Waals surface area contributed by atoms with E-state index in [-0.39, 0.29) is 23.0 Å². The number of aliphatic hydroxyl groups is 2. The number of hydrogen-bond donors (Lipinski definition) is 2. The first-order valence-corrected chi connectivity index (χ1v) is 9.40. The van der Waals surface area contributed by atoms with Crippen LogP contribution in [0.25, 0.3) is 0 Å². The van der Waals surface area contributed by atoms with Crippen LogP contribution >= 0.6 is 0 Å².